The van der Waals surface area contributed by atoms with Crippen LogP contribution >= 0.6 is 0 Å². The predicted molar refractivity (Wildman–Crippen MR) is 65.3 cm³/mol. The second kappa shape index (κ2) is 5.21. The van der Waals surface area contributed by atoms with Crippen molar-refractivity contribution in [1.82, 2.24) is 15.2 Å². The first-order valence-electron chi connectivity index (χ1n) is 5.71. The molecule has 0 atom stereocenters. The van der Waals surface area contributed by atoms with Crippen molar-refractivity contribution in [1.29, 1.82) is 0 Å². The summed E-state index contributed by atoms with van der Waals surface area (Å²) in [6, 6.07) is 0. The summed E-state index contributed by atoms with van der Waals surface area (Å²) in [6.07, 6.45) is 1.74. The van der Waals surface area contributed by atoms with Crippen molar-refractivity contribution in [2.24, 2.45) is 5.73 Å². The van der Waals surface area contributed by atoms with Crippen molar-refractivity contribution >= 4 is 5.95 Å². The molecule has 1 aromatic rings. The molecule has 1 aromatic heterocycles. The summed E-state index contributed by atoms with van der Waals surface area (Å²) in [4.78, 5) is 4.42. The highest BCUT2D eigenvalue weighted by molar-refractivity contribution is 5.26. The Morgan fingerprint density at radius 2 is 1.75 bits per heavy atom. The van der Waals surface area contributed by atoms with Gasteiger partial charge < -0.3 is 11.1 Å². The van der Waals surface area contributed by atoms with Crippen molar-refractivity contribution < 1.29 is 0 Å². The Morgan fingerprint density at radius 3 is 2.25 bits per heavy atom. The van der Waals surface area contributed by atoms with Gasteiger partial charge in [0.1, 0.15) is 0 Å². The highest BCUT2D eigenvalue weighted by Gasteiger charge is 2.12. The molecule has 0 aliphatic carbocycles. The maximum absolute atomic E-state index is 5.87. The Balaban J connectivity index is 2.75. The molecule has 90 valence electrons. The van der Waals surface area contributed by atoms with Crippen LogP contribution in [0.15, 0.2) is 0 Å². The van der Waals surface area contributed by atoms with Gasteiger partial charge in [-0.1, -0.05) is 13.8 Å². The average Bonchev–Trinajstić information content (AvgIpc) is 2.25. The van der Waals surface area contributed by atoms with E-state index in [0.29, 0.717) is 12.5 Å². The minimum atomic E-state index is -0.279. The Hall–Kier alpha value is -1.23. The summed E-state index contributed by atoms with van der Waals surface area (Å²) in [5.41, 5.74) is 7.57. The zero-order valence-electron chi connectivity index (χ0n) is 10.5. The number of nitrogens with zero attached hydrogens (tertiary/aromatic N) is 3. The first kappa shape index (κ1) is 12.8. The molecule has 0 amide bonds. The van der Waals surface area contributed by atoms with Gasteiger partial charge >= 0.3 is 0 Å². The van der Waals surface area contributed by atoms with Gasteiger partial charge in [0, 0.05) is 12.1 Å². The van der Waals surface area contributed by atoms with E-state index in [1.54, 1.807) is 0 Å². The maximum Gasteiger partial charge on any atom is 0.243 e. The zero-order valence-corrected chi connectivity index (χ0v) is 10.5. The molecule has 1 heterocycles. The molecule has 5 nitrogen and oxygen atoms in total. The number of aromatic nitrogens is 3. The summed E-state index contributed by atoms with van der Waals surface area (Å²) in [5.74, 6) is 0.563. The zero-order chi connectivity index (χ0) is 12.2. The molecule has 1 rings (SSSR count). The third kappa shape index (κ3) is 3.73. The number of nitrogens with two attached hydrogens (primary N) is 1. The van der Waals surface area contributed by atoms with Crippen LogP contribution in [0.5, 0.6) is 0 Å². The van der Waals surface area contributed by atoms with Crippen LogP contribution in [0.4, 0.5) is 5.95 Å². The Morgan fingerprint density at radius 1 is 1.12 bits per heavy atom. The summed E-state index contributed by atoms with van der Waals surface area (Å²) in [6.45, 7) is 8.66. The lowest BCUT2D eigenvalue weighted by molar-refractivity contribution is 0.546. The second-order valence-corrected chi connectivity index (χ2v) is 4.58. The predicted octanol–water partition coefficient (Wildman–Crippen LogP) is 1.15. The minimum absolute atomic E-state index is 0.279. The van der Waals surface area contributed by atoms with E-state index in [1.807, 2.05) is 13.8 Å². The summed E-state index contributed by atoms with van der Waals surface area (Å²) in [5, 5.41) is 11.3. The molecule has 3 N–H and O–H groups in total. The van der Waals surface area contributed by atoms with Crippen LogP contribution in [0.1, 0.15) is 39.1 Å². The quantitative estimate of drug-likeness (QED) is 0.783. The Labute approximate surface area is 96.9 Å². The summed E-state index contributed by atoms with van der Waals surface area (Å²) >= 11 is 0. The van der Waals surface area contributed by atoms with Gasteiger partial charge in [-0.05, 0) is 26.7 Å². The van der Waals surface area contributed by atoms with Crippen molar-refractivity contribution in [2.75, 3.05) is 11.9 Å². The van der Waals surface area contributed by atoms with E-state index in [-0.39, 0.29) is 5.54 Å². The van der Waals surface area contributed by atoms with E-state index < -0.39 is 0 Å². The molecule has 0 saturated heterocycles. The Bertz CT molecular complexity index is 343. The lowest BCUT2D eigenvalue weighted by atomic mass is 10.1. The SMILES string of the molecule is CCc1nnc(NCC(C)(C)N)nc1CC. The number of aryl methyl sites for hydroxylation is 2. The number of anilines is 1. The van der Waals surface area contributed by atoms with Crippen LogP contribution in [0.3, 0.4) is 0 Å². The third-order valence-corrected chi connectivity index (χ3v) is 2.21. The molecule has 0 saturated carbocycles. The molecule has 0 aliphatic rings. The average molecular weight is 223 g/mol. The number of rotatable bonds is 5. The van der Waals surface area contributed by atoms with E-state index in [9.17, 15) is 0 Å². The third-order valence-electron chi connectivity index (χ3n) is 2.21. The summed E-state index contributed by atoms with van der Waals surface area (Å²) < 4.78 is 0. The van der Waals surface area contributed by atoms with Crippen molar-refractivity contribution in [3.05, 3.63) is 11.4 Å². The fourth-order valence-corrected chi connectivity index (χ4v) is 1.32. The van der Waals surface area contributed by atoms with E-state index in [2.05, 4.69) is 34.3 Å². The molecule has 0 spiro atoms. The van der Waals surface area contributed by atoms with Crippen LogP contribution in [0.25, 0.3) is 0 Å². The fraction of sp³-hybridized carbons (Fsp3) is 0.727. The second-order valence-electron chi connectivity index (χ2n) is 4.58. The standard InChI is InChI=1S/C11H21N5/c1-5-8-9(6-2)15-16-10(14-8)13-7-11(3,4)12/h5-7,12H2,1-4H3,(H,13,14,16). The lowest BCUT2D eigenvalue weighted by Crippen LogP contribution is -2.40. The monoisotopic (exact) mass is 223 g/mol. The molecule has 0 unspecified atom stereocenters. The molecular weight excluding hydrogens is 202 g/mol. The largest absolute Gasteiger partial charge is 0.351 e. The fourth-order valence-electron chi connectivity index (χ4n) is 1.32. The van der Waals surface area contributed by atoms with Crippen molar-refractivity contribution in [2.45, 2.75) is 46.1 Å². The lowest BCUT2D eigenvalue weighted by Gasteiger charge is -2.18. The van der Waals surface area contributed by atoms with Gasteiger partial charge in [0.25, 0.3) is 0 Å². The number of hydrogen-bond acceptors (Lipinski definition) is 5. The van der Waals surface area contributed by atoms with Crippen LogP contribution in [-0.2, 0) is 12.8 Å². The minimum Gasteiger partial charge on any atom is -0.351 e. The molecule has 5 heteroatoms. The number of nitrogens with one attached hydrogen (secondary N) is 1. The normalized spacial score (nSPS) is 11.6. The van der Waals surface area contributed by atoms with Gasteiger partial charge in [0.05, 0.1) is 11.4 Å². The highest BCUT2D eigenvalue weighted by Crippen LogP contribution is 2.07. The van der Waals surface area contributed by atoms with Crippen LogP contribution in [0, 0.1) is 0 Å². The van der Waals surface area contributed by atoms with Gasteiger partial charge in [-0.3, -0.25) is 0 Å². The molecule has 16 heavy (non-hydrogen) atoms. The van der Waals surface area contributed by atoms with Crippen LogP contribution in [0.2, 0.25) is 0 Å². The molecule has 0 fully saturated rings. The van der Waals surface area contributed by atoms with Gasteiger partial charge in [0.2, 0.25) is 5.95 Å². The molecule has 0 aliphatic heterocycles. The Kier molecular flexibility index (Phi) is 4.18. The first-order valence-corrected chi connectivity index (χ1v) is 5.71. The van der Waals surface area contributed by atoms with E-state index in [1.165, 1.54) is 0 Å². The van der Waals surface area contributed by atoms with Gasteiger partial charge in [0.15, 0.2) is 0 Å². The maximum atomic E-state index is 5.87. The molecule has 0 aromatic carbocycles. The van der Waals surface area contributed by atoms with Gasteiger partial charge in [-0.15, -0.1) is 5.10 Å². The number of hydrogen-bond donors (Lipinski definition) is 2. The molecular formula is C11H21N5. The van der Waals surface area contributed by atoms with E-state index in [0.717, 1.165) is 24.2 Å². The van der Waals surface area contributed by atoms with Gasteiger partial charge in [-0.2, -0.15) is 5.10 Å². The van der Waals surface area contributed by atoms with E-state index in [4.69, 9.17) is 5.73 Å². The van der Waals surface area contributed by atoms with Crippen LogP contribution < -0.4 is 11.1 Å². The van der Waals surface area contributed by atoms with Gasteiger partial charge in [-0.25, -0.2) is 4.98 Å². The topological polar surface area (TPSA) is 76.7 Å². The van der Waals surface area contributed by atoms with E-state index >= 15 is 0 Å². The summed E-state index contributed by atoms with van der Waals surface area (Å²) in [7, 11) is 0. The molecule has 0 bridgehead atoms. The van der Waals surface area contributed by atoms with Crippen molar-refractivity contribution in [3.63, 3.8) is 0 Å². The van der Waals surface area contributed by atoms with Crippen LogP contribution in [-0.4, -0.2) is 27.3 Å². The smallest absolute Gasteiger partial charge is 0.243 e. The highest BCUT2D eigenvalue weighted by atomic mass is 15.2. The first-order chi connectivity index (χ1) is 7.46. The molecule has 0 radical (unpaired) electrons. The van der Waals surface area contributed by atoms with Crippen molar-refractivity contribution in [3.8, 4) is 0 Å².